The third-order valence-electron chi connectivity index (χ3n) is 3.10. The Hall–Kier alpha value is -1.95. The quantitative estimate of drug-likeness (QED) is 0.563. The van der Waals surface area contributed by atoms with E-state index in [1.807, 2.05) is 6.92 Å². The average Bonchev–Trinajstić information content (AvgIpc) is 2.45. The maximum atomic E-state index is 11.9. The Balaban J connectivity index is 2.61. The van der Waals surface area contributed by atoms with Crippen LogP contribution in [0.4, 0.5) is 5.69 Å². The summed E-state index contributed by atoms with van der Waals surface area (Å²) in [5.41, 5.74) is 0.177. The molecule has 1 aromatic carbocycles. The number of nitro benzene ring substituents is 1. The number of aliphatic hydroxyl groups excluding tert-OH is 1. The molecule has 0 fully saturated rings. The van der Waals surface area contributed by atoms with Gasteiger partial charge >= 0.3 is 0 Å². The summed E-state index contributed by atoms with van der Waals surface area (Å²) < 4.78 is 0. The standard InChI is InChI=1S/C14H20N2O4/c1-2-4-11(7-8-17)10-15-14(18)12-5-3-6-13(9-12)16(19)20/h3,5-6,9,11,17H,2,4,7-8,10H2,1H3,(H,15,18). The Labute approximate surface area is 118 Å². The fraction of sp³-hybridized carbons (Fsp3) is 0.500. The van der Waals surface area contributed by atoms with Crippen LogP contribution in [-0.4, -0.2) is 29.1 Å². The maximum Gasteiger partial charge on any atom is 0.270 e. The van der Waals surface area contributed by atoms with E-state index in [4.69, 9.17) is 5.11 Å². The van der Waals surface area contributed by atoms with Crippen LogP contribution >= 0.6 is 0 Å². The molecule has 6 nitrogen and oxygen atoms in total. The number of hydrogen-bond donors (Lipinski definition) is 2. The molecule has 0 aliphatic rings. The van der Waals surface area contributed by atoms with Gasteiger partial charge in [-0.1, -0.05) is 19.4 Å². The molecule has 110 valence electrons. The van der Waals surface area contributed by atoms with Crippen molar-refractivity contribution in [3.63, 3.8) is 0 Å². The third kappa shape index (κ3) is 4.97. The molecule has 0 saturated heterocycles. The summed E-state index contributed by atoms with van der Waals surface area (Å²) in [5.74, 6) is -0.0969. The fourth-order valence-corrected chi connectivity index (χ4v) is 2.04. The Kier molecular flexibility index (Phi) is 6.66. The molecule has 1 rings (SSSR count). The van der Waals surface area contributed by atoms with Crippen molar-refractivity contribution in [2.75, 3.05) is 13.2 Å². The van der Waals surface area contributed by atoms with E-state index in [9.17, 15) is 14.9 Å². The zero-order chi connectivity index (χ0) is 15.0. The number of amides is 1. The van der Waals surface area contributed by atoms with Gasteiger partial charge in [0.1, 0.15) is 0 Å². The van der Waals surface area contributed by atoms with Crippen LogP contribution in [0.5, 0.6) is 0 Å². The van der Waals surface area contributed by atoms with Crippen molar-refractivity contribution < 1.29 is 14.8 Å². The normalized spacial score (nSPS) is 11.9. The van der Waals surface area contributed by atoms with E-state index in [0.29, 0.717) is 13.0 Å². The Morgan fingerprint density at radius 3 is 2.80 bits per heavy atom. The number of nitrogens with zero attached hydrogens (tertiary/aromatic N) is 1. The number of rotatable bonds is 8. The molecule has 1 unspecified atom stereocenters. The lowest BCUT2D eigenvalue weighted by Gasteiger charge is -2.15. The number of benzene rings is 1. The molecular formula is C14H20N2O4. The highest BCUT2D eigenvalue weighted by molar-refractivity contribution is 5.94. The largest absolute Gasteiger partial charge is 0.396 e. The van der Waals surface area contributed by atoms with Gasteiger partial charge in [0, 0.05) is 30.8 Å². The van der Waals surface area contributed by atoms with E-state index in [2.05, 4.69) is 5.32 Å². The first kappa shape index (κ1) is 16.1. The van der Waals surface area contributed by atoms with E-state index < -0.39 is 4.92 Å². The predicted molar refractivity (Wildman–Crippen MR) is 75.5 cm³/mol. The Morgan fingerprint density at radius 1 is 1.45 bits per heavy atom. The Morgan fingerprint density at radius 2 is 2.20 bits per heavy atom. The number of hydrogen-bond acceptors (Lipinski definition) is 4. The molecule has 0 aliphatic heterocycles. The topological polar surface area (TPSA) is 92.5 Å². The summed E-state index contributed by atoms with van der Waals surface area (Å²) >= 11 is 0. The number of non-ortho nitro benzene ring substituents is 1. The summed E-state index contributed by atoms with van der Waals surface area (Å²) in [6.45, 7) is 2.61. The number of nitrogens with one attached hydrogen (secondary N) is 1. The molecule has 0 bridgehead atoms. The zero-order valence-corrected chi connectivity index (χ0v) is 11.5. The lowest BCUT2D eigenvalue weighted by atomic mass is 10.00. The van der Waals surface area contributed by atoms with E-state index in [0.717, 1.165) is 12.8 Å². The minimum Gasteiger partial charge on any atom is -0.396 e. The van der Waals surface area contributed by atoms with Crippen LogP contribution in [-0.2, 0) is 0 Å². The van der Waals surface area contributed by atoms with Crippen molar-refractivity contribution >= 4 is 11.6 Å². The van der Waals surface area contributed by atoms with Gasteiger partial charge in [0.15, 0.2) is 0 Å². The highest BCUT2D eigenvalue weighted by Crippen LogP contribution is 2.14. The first-order valence-corrected chi connectivity index (χ1v) is 6.72. The van der Waals surface area contributed by atoms with Crippen molar-refractivity contribution in [3.05, 3.63) is 39.9 Å². The van der Waals surface area contributed by atoms with Crippen LogP contribution in [0.2, 0.25) is 0 Å². The maximum absolute atomic E-state index is 11.9. The second-order valence-corrected chi connectivity index (χ2v) is 4.68. The molecule has 6 heteroatoms. The number of nitro groups is 1. The lowest BCUT2D eigenvalue weighted by molar-refractivity contribution is -0.384. The zero-order valence-electron chi connectivity index (χ0n) is 11.5. The summed E-state index contributed by atoms with van der Waals surface area (Å²) in [4.78, 5) is 22.1. The summed E-state index contributed by atoms with van der Waals surface area (Å²) in [6, 6.07) is 5.64. The van der Waals surface area contributed by atoms with Gasteiger partial charge < -0.3 is 10.4 Å². The van der Waals surface area contributed by atoms with Crippen LogP contribution in [0.1, 0.15) is 36.5 Å². The minimum atomic E-state index is -0.525. The number of carbonyl (C=O) groups is 1. The van der Waals surface area contributed by atoms with Crippen molar-refractivity contribution in [2.24, 2.45) is 5.92 Å². The van der Waals surface area contributed by atoms with Gasteiger partial charge in [-0.3, -0.25) is 14.9 Å². The minimum absolute atomic E-state index is 0.0946. The molecule has 0 spiro atoms. The Bertz CT molecular complexity index is 456. The molecule has 0 aliphatic carbocycles. The van der Waals surface area contributed by atoms with Crippen LogP contribution in [0.25, 0.3) is 0 Å². The van der Waals surface area contributed by atoms with Gasteiger partial charge in [0.25, 0.3) is 11.6 Å². The van der Waals surface area contributed by atoms with Crippen LogP contribution < -0.4 is 5.32 Å². The van der Waals surface area contributed by atoms with Gasteiger partial charge in [0.05, 0.1) is 4.92 Å². The molecule has 20 heavy (non-hydrogen) atoms. The molecule has 0 radical (unpaired) electrons. The van der Waals surface area contributed by atoms with Gasteiger partial charge in [-0.05, 0) is 24.8 Å². The van der Waals surface area contributed by atoms with Crippen molar-refractivity contribution in [1.82, 2.24) is 5.32 Å². The summed E-state index contributed by atoms with van der Waals surface area (Å²) in [7, 11) is 0. The van der Waals surface area contributed by atoms with Crippen LogP contribution in [0, 0.1) is 16.0 Å². The highest BCUT2D eigenvalue weighted by atomic mass is 16.6. The predicted octanol–water partition coefficient (Wildman–Crippen LogP) is 2.12. The van der Waals surface area contributed by atoms with E-state index in [-0.39, 0.29) is 29.7 Å². The van der Waals surface area contributed by atoms with Gasteiger partial charge in [-0.25, -0.2) is 0 Å². The summed E-state index contributed by atoms with van der Waals surface area (Å²) in [5, 5.41) is 22.4. The van der Waals surface area contributed by atoms with E-state index >= 15 is 0 Å². The smallest absolute Gasteiger partial charge is 0.270 e. The monoisotopic (exact) mass is 280 g/mol. The number of aliphatic hydroxyl groups is 1. The second kappa shape index (κ2) is 8.27. The molecule has 1 atom stereocenters. The molecule has 1 aromatic rings. The van der Waals surface area contributed by atoms with Gasteiger partial charge in [-0.15, -0.1) is 0 Å². The van der Waals surface area contributed by atoms with Crippen molar-refractivity contribution in [1.29, 1.82) is 0 Å². The van der Waals surface area contributed by atoms with E-state index in [1.54, 1.807) is 6.07 Å². The van der Waals surface area contributed by atoms with Gasteiger partial charge in [0.2, 0.25) is 0 Å². The third-order valence-corrected chi connectivity index (χ3v) is 3.10. The fourth-order valence-electron chi connectivity index (χ4n) is 2.04. The van der Waals surface area contributed by atoms with Crippen LogP contribution in [0.15, 0.2) is 24.3 Å². The average molecular weight is 280 g/mol. The van der Waals surface area contributed by atoms with Crippen molar-refractivity contribution in [2.45, 2.75) is 26.2 Å². The second-order valence-electron chi connectivity index (χ2n) is 4.68. The molecule has 0 aromatic heterocycles. The lowest BCUT2D eigenvalue weighted by Crippen LogP contribution is -2.29. The molecule has 1 amide bonds. The first-order chi connectivity index (χ1) is 9.58. The molecular weight excluding hydrogens is 260 g/mol. The molecule has 0 saturated carbocycles. The molecule has 2 N–H and O–H groups in total. The van der Waals surface area contributed by atoms with Gasteiger partial charge in [-0.2, -0.15) is 0 Å². The van der Waals surface area contributed by atoms with Crippen molar-refractivity contribution in [3.8, 4) is 0 Å². The SMILES string of the molecule is CCCC(CCO)CNC(=O)c1cccc([N+](=O)[O-])c1. The number of carbonyl (C=O) groups excluding carboxylic acids is 1. The first-order valence-electron chi connectivity index (χ1n) is 6.72. The molecule has 0 heterocycles. The van der Waals surface area contributed by atoms with E-state index in [1.165, 1.54) is 18.2 Å². The summed E-state index contributed by atoms with van der Waals surface area (Å²) in [6.07, 6.45) is 2.55. The van der Waals surface area contributed by atoms with Crippen LogP contribution in [0.3, 0.4) is 0 Å². The highest BCUT2D eigenvalue weighted by Gasteiger charge is 2.13.